The molecule has 2 aromatic heterocycles. The van der Waals surface area contributed by atoms with E-state index in [0.29, 0.717) is 23.9 Å². The highest BCUT2D eigenvalue weighted by molar-refractivity contribution is 7.17. The van der Waals surface area contributed by atoms with Gasteiger partial charge in [-0.3, -0.25) is 4.79 Å². The summed E-state index contributed by atoms with van der Waals surface area (Å²) in [5.74, 6) is 1.64. The number of carbonyl (C=O) groups is 1. The second-order valence-electron chi connectivity index (χ2n) is 8.80. The van der Waals surface area contributed by atoms with Crippen molar-refractivity contribution in [2.24, 2.45) is 0 Å². The van der Waals surface area contributed by atoms with Gasteiger partial charge in [0.15, 0.2) is 0 Å². The van der Waals surface area contributed by atoms with Gasteiger partial charge in [-0.25, -0.2) is 0 Å². The molecule has 2 aromatic carbocycles. The predicted octanol–water partition coefficient (Wildman–Crippen LogP) is 5.58. The van der Waals surface area contributed by atoms with Crippen LogP contribution in [-0.2, 0) is 16.0 Å². The second kappa shape index (κ2) is 10.2. The highest BCUT2D eigenvalue weighted by Gasteiger charge is 2.24. The van der Waals surface area contributed by atoms with Crippen LogP contribution in [0.1, 0.15) is 12.0 Å². The van der Waals surface area contributed by atoms with Crippen molar-refractivity contribution < 1.29 is 19.0 Å². The third-order valence-corrected chi connectivity index (χ3v) is 7.42. The number of nitrogens with zero attached hydrogens (tertiary/aromatic N) is 4. The fraction of sp³-hybridized carbons (Fsp3) is 0.250. The van der Waals surface area contributed by atoms with Crippen LogP contribution in [0.5, 0.6) is 23.4 Å². The third-order valence-electron chi connectivity index (χ3n) is 6.53. The Morgan fingerprint density at radius 1 is 1.03 bits per heavy atom. The number of thiophene rings is 1. The zero-order chi connectivity index (χ0) is 25.2. The van der Waals surface area contributed by atoms with E-state index in [-0.39, 0.29) is 11.9 Å². The van der Waals surface area contributed by atoms with E-state index in [1.54, 1.807) is 4.90 Å². The number of ether oxygens (including phenoxy) is 3. The van der Waals surface area contributed by atoms with E-state index in [1.165, 1.54) is 17.4 Å². The number of hydrogen-bond acceptors (Lipinski definition) is 8. The van der Waals surface area contributed by atoms with Crippen LogP contribution in [0, 0.1) is 0 Å². The van der Waals surface area contributed by atoms with E-state index >= 15 is 0 Å². The molecule has 0 spiro atoms. The molecule has 1 amide bonds. The molecule has 0 N–H and O–H groups in total. The van der Waals surface area contributed by atoms with Gasteiger partial charge < -0.3 is 24.0 Å². The van der Waals surface area contributed by atoms with Crippen LogP contribution in [0.2, 0.25) is 0 Å². The van der Waals surface area contributed by atoms with E-state index in [2.05, 4.69) is 21.4 Å². The van der Waals surface area contributed by atoms with Crippen molar-refractivity contribution in [2.45, 2.75) is 12.8 Å². The van der Waals surface area contributed by atoms with Crippen molar-refractivity contribution in [3.8, 4) is 23.4 Å². The van der Waals surface area contributed by atoms with Gasteiger partial charge in [0.1, 0.15) is 16.2 Å². The first kappa shape index (κ1) is 23.4. The number of aromatic nitrogens is 2. The Balaban J connectivity index is 1.28. The Hall–Kier alpha value is -3.95. The maximum absolute atomic E-state index is 12.4. The van der Waals surface area contributed by atoms with Crippen molar-refractivity contribution in [3.05, 3.63) is 72.1 Å². The molecular formula is C28H26N4O4S. The van der Waals surface area contributed by atoms with Crippen molar-refractivity contribution >= 4 is 38.8 Å². The molecule has 8 nitrogen and oxygen atoms in total. The van der Waals surface area contributed by atoms with Gasteiger partial charge in [0, 0.05) is 30.9 Å². The fourth-order valence-corrected chi connectivity index (χ4v) is 5.47. The normalized spacial score (nSPS) is 15.4. The van der Waals surface area contributed by atoms with Crippen molar-refractivity contribution in [1.82, 2.24) is 9.97 Å². The van der Waals surface area contributed by atoms with Crippen LogP contribution < -0.4 is 19.3 Å². The summed E-state index contributed by atoms with van der Waals surface area (Å²) in [4.78, 5) is 25.6. The van der Waals surface area contributed by atoms with Crippen LogP contribution in [0.4, 0.5) is 11.4 Å². The molecule has 4 heterocycles. The lowest BCUT2D eigenvalue weighted by molar-refractivity contribution is -0.114. The SMILES string of the molecule is C=CC(=O)N1CCCc2c(Oc3nc(Oc4ccc(N5CCOCC5)cc4)nc4ccsc34)cccc21. The van der Waals surface area contributed by atoms with Gasteiger partial charge in [0.05, 0.1) is 24.4 Å². The van der Waals surface area contributed by atoms with Crippen LogP contribution in [-0.4, -0.2) is 48.7 Å². The number of hydrogen-bond donors (Lipinski definition) is 0. The standard InChI is InChI=1S/C28H26N4O4S/c1-2-25(33)32-13-4-5-21-23(32)6-3-7-24(21)36-27-26-22(12-18-37-26)29-28(30-27)35-20-10-8-19(9-11-20)31-14-16-34-17-15-31/h2-3,6-12,18H,1,4-5,13-17H2. The minimum Gasteiger partial charge on any atom is -0.437 e. The van der Waals surface area contributed by atoms with Gasteiger partial charge >= 0.3 is 6.01 Å². The van der Waals surface area contributed by atoms with Crippen LogP contribution >= 0.6 is 11.3 Å². The van der Waals surface area contributed by atoms with E-state index in [0.717, 1.165) is 66.3 Å². The maximum atomic E-state index is 12.4. The molecule has 2 aliphatic rings. The summed E-state index contributed by atoms with van der Waals surface area (Å²) in [7, 11) is 0. The second-order valence-corrected chi connectivity index (χ2v) is 9.71. The largest absolute Gasteiger partial charge is 0.437 e. The molecular weight excluding hydrogens is 488 g/mol. The molecule has 0 radical (unpaired) electrons. The molecule has 0 atom stereocenters. The molecule has 9 heteroatoms. The quantitative estimate of drug-likeness (QED) is 0.311. The minimum absolute atomic E-state index is 0.115. The molecule has 0 aliphatic carbocycles. The highest BCUT2D eigenvalue weighted by atomic mass is 32.1. The number of carbonyl (C=O) groups excluding carboxylic acids is 1. The van der Waals surface area contributed by atoms with E-state index in [4.69, 9.17) is 14.2 Å². The lowest BCUT2D eigenvalue weighted by Crippen LogP contribution is -2.36. The summed E-state index contributed by atoms with van der Waals surface area (Å²) < 4.78 is 18.7. The molecule has 0 bridgehead atoms. The van der Waals surface area contributed by atoms with Gasteiger partial charge in [-0.2, -0.15) is 9.97 Å². The fourth-order valence-electron chi connectivity index (χ4n) is 4.71. The van der Waals surface area contributed by atoms with Gasteiger partial charge in [-0.05, 0) is 66.8 Å². The van der Waals surface area contributed by atoms with E-state index < -0.39 is 0 Å². The molecule has 4 aromatic rings. The van der Waals surface area contributed by atoms with Crippen LogP contribution in [0.15, 0.2) is 66.6 Å². The van der Waals surface area contributed by atoms with Crippen molar-refractivity contribution in [2.75, 3.05) is 42.6 Å². The summed E-state index contributed by atoms with van der Waals surface area (Å²) in [6.45, 7) is 7.53. The zero-order valence-corrected chi connectivity index (χ0v) is 21.1. The topological polar surface area (TPSA) is 77.0 Å². The number of amides is 1. The van der Waals surface area contributed by atoms with Gasteiger partial charge in [0.2, 0.25) is 11.8 Å². The summed E-state index contributed by atoms with van der Waals surface area (Å²) in [5, 5.41) is 1.96. The monoisotopic (exact) mass is 514 g/mol. The number of benzene rings is 2. The van der Waals surface area contributed by atoms with Gasteiger partial charge in [0.25, 0.3) is 0 Å². The van der Waals surface area contributed by atoms with Crippen LogP contribution in [0.3, 0.4) is 0 Å². The van der Waals surface area contributed by atoms with E-state index in [9.17, 15) is 4.79 Å². The Bertz CT molecular complexity index is 1450. The number of morpholine rings is 1. The molecule has 188 valence electrons. The Kier molecular flexibility index (Phi) is 6.46. The molecule has 0 saturated carbocycles. The third kappa shape index (κ3) is 4.75. The lowest BCUT2D eigenvalue weighted by Gasteiger charge is -2.29. The summed E-state index contributed by atoms with van der Waals surface area (Å²) >= 11 is 1.51. The average molecular weight is 515 g/mol. The number of fused-ring (bicyclic) bond motifs is 2. The first-order chi connectivity index (χ1) is 18.2. The molecule has 6 rings (SSSR count). The van der Waals surface area contributed by atoms with E-state index in [1.807, 2.05) is 53.9 Å². The minimum atomic E-state index is -0.115. The Morgan fingerprint density at radius 3 is 2.68 bits per heavy atom. The summed E-state index contributed by atoms with van der Waals surface area (Å²) in [6.07, 6.45) is 3.00. The zero-order valence-electron chi connectivity index (χ0n) is 20.3. The molecule has 1 fully saturated rings. The van der Waals surface area contributed by atoms with Crippen LogP contribution in [0.25, 0.3) is 10.2 Å². The van der Waals surface area contributed by atoms with Crippen molar-refractivity contribution in [3.63, 3.8) is 0 Å². The van der Waals surface area contributed by atoms with Gasteiger partial charge in [-0.15, -0.1) is 11.3 Å². The number of rotatable bonds is 6. The predicted molar refractivity (Wildman–Crippen MR) is 144 cm³/mol. The first-order valence-corrected chi connectivity index (χ1v) is 13.2. The highest BCUT2D eigenvalue weighted by Crippen LogP contribution is 2.39. The Labute approximate surface area is 218 Å². The maximum Gasteiger partial charge on any atom is 0.325 e. The van der Waals surface area contributed by atoms with Crippen molar-refractivity contribution in [1.29, 1.82) is 0 Å². The summed E-state index contributed by atoms with van der Waals surface area (Å²) in [5.41, 5.74) is 3.71. The molecule has 2 aliphatic heterocycles. The molecule has 37 heavy (non-hydrogen) atoms. The molecule has 0 unspecified atom stereocenters. The lowest BCUT2D eigenvalue weighted by atomic mass is 10.0. The number of anilines is 2. The molecule has 1 saturated heterocycles. The smallest absolute Gasteiger partial charge is 0.325 e. The van der Waals surface area contributed by atoms with Gasteiger partial charge in [-0.1, -0.05) is 12.6 Å². The average Bonchev–Trinajstić information content (AvgIpc) is 3.42. The Morgan fingerprint density at radius 2 is 1.86 bits per heavy atom. The first-order valence-electron chi connectivity index (χ1n) is 12.3. The summed E-state index contributed by atoms with van der Waals surface area (Å²) in [6, 6.07) is 15.8.